The first-order chi connectivity index (χ1) is 12.9. The van der Waals surface area contributed by atoms with E-state index in [9.17, 15) is 29.4 Å². The molecule has 0 bridgehead atoms. The molecule has 2 aromatic carbocycles. The van der Waals surface area contributed by atoms with E-state index in [-0.39, 0.29) is 29.0 Å². The third kappa shape index (κ3) is 5.61. The molecule has 0 unspecified atom stereocenters. The number of carbonyl (C=O) groups excluding carboxylic acids is 4. The molecule has 0 saturated carbocycles. The Balaban J connectivity index is 1.98. The molecule has 0 radical (unpaired) electrons. The van der Waals surface area contributed by atoms with Crippen LogP contribution in [0.3, 0.4) is 0 Å². The maximum Gasteiger partial charge on any atom is 0.163 e. The van der Waals surface area contributed by atoms with Crippen LogP contribution in [0, 0.1) is 0 Å². The first-order valence-electron chi connectivity index (χ1n) is 7.91. The summed E-state index contributed by atoms with van der Waals surface area (Å²) in [5, 5.41) is 18.8. The van der Waals surface area contributed by atoms with E-state index in [0.29, 0.717) is 23.7 Å². The van der Waals surface area contributed by atoms with Crippen LogP contribution in [-0.2, 0) is 9.59 Å². The summed E-state index contributed by atoms with van der Waals surface area (Å²) < 4.78 is 0. The van der Waals surface area contributed by atoms with E-state index in [1.165, 1.54) is 60.7 Å². The number of ketones is 2. The molecule has 2 rings (SSSR count). The fraction of sp³-hybridized carbons (Fsp3) is 0.0476. The Kier molecular flexibility index (Phi) is 6.55. The number of allylic oxidation sites excluding steroid dienone is 2. The Bertz CT molecular complexity index is 876. The number of benzene rings is 2. The van der Waals surface area contributed by atoms with E-state index in [1.807, 2.05) is 0 Å². The van der Waals surface area contributed by atoms with Gasteiger partial charge in [-0.25, -0.2) is 0 Å². The zero-order valence-electron chi connectivity index (χ0n) is 14.2. The molecule has 2 N–H and O–H groups in total. The van der Waals surface area contributed by atoms with Gasteiger partial charge in [0.25, 0.3) is 0 Å². The first-order valence-corrected chi connectivity index (χ1v) is 7.91. The number of aldehydes is 2. The molecule has 0 fully saturated rings. The predicted molar refractivity (Wildman–Crippen MR) is 99.7 cm³/mol. The summed E-state index contributed by atoms with van der Waals surface area (Å²) in [6.45, 7) is 0. The topological polar surface area (TPSA) is 109 Å². The molecule has 0 spiro atoms. The molecule has 27 heavy (non-hydrogen) atoms. The molecule has 6 heteroatoms. The average molecular weight is 364 g/mol. The van der Waals surface area contributed by atoms with Gasteiger partial charge in [0.05, 0.1) is 17.5 Å². The molecule has 0 amide bonds. The van der Waals surface area contributed by atoms with Gasteiger partial charge in [0.2, 0.25) is 0 Å². The Morgan fingerprint density at radius 2 is 1.15 bits per heavy atom. The Morgan fingerprint density at radius 3 is 1.52 bits per heavy atom. The maximum atomic E-state index is 11.9. The number of carbonyl (C=O) groups is 4. The summed E-state index contributed by atoms with van der Waals surface area (Å²) in [5.41, 5.74) is 1.29. The molecule has 6 nitrogen and oxygen atoms in total. The van der Waals surface area contributed by atoms with Crippen molar-refractivity contribution < 1.29 is 29.4 Å². The van der Waals surface area contributed by atoms with Crippen molar-refractivity contribution >= 4 is 36.3 Å². The first kappa shape index (κ1) is 19.5. The third-order valence-corrected chi connectivity index (χ3v) is 3.63. The van der Waals surface area contributed by atoms with Crippen molar-refractivity contribution in [1.82, 2.24) is 0 Å². The number of phenolic OH excluding ortho intramolecular Hbond substituents is 2. The molecule has 2 aromatic rings. The van der Waals surface area contributed by atoms with E-state index >= 15 is 0 Å². The van der Waals surface area contributed by atoms with Gasteiger partial charge in [0, 0.05) is 0 Å². The van der Waals surface area contributed by atoms with Gasteiger partial charge >= 0.3 is 0 Å². The van der Waals surface area contributed by atoms with Crippen molar-refractivity contribution in [3.63, 3.8) is 0 Å². The lowest BCUT2D eigenvalue weighted by Gasteiger charge is -1.99. The van der Waals surface area contributed by atoms with Gasteiger partial charge in [-0.15, -0.1) is 0 Å². The minimum absolute atomic E-state index is 0.104. The number of hydrogen-bond donors (Lipinski definition) is 2. The van der Waals surface area contributed by atoms with E-state index in [4.69, 9.17) is 0 Å². The van der Waals surface area contributed by atoms with Gasteiger partial charge in [-0.1, -0.05) is 24.3 Å². The van der Waals surface area contributed by atoms with Crippen LogP contribution >= 0.6 is 0 Å². The zero-order chi connectivity index (χ0) is 19.8. The molecule has 0 atom stereocenters. The summed E-state index contributed by atoms with van der Waals surface area (Å²) in [6, 6.07) is 8.58. The lowest BCUT2D eigenvalue weighted by Crippen LogP contribution is -2.01. The van der Waals surface area contributed by atoms with Crippen LogP contribution < -0.4 is 0 Å². The lowest BCUT2D eigenvalue weighted by atomic mass is 10.1. The number of aromatic hydroxyl groups is 2. The molecule has 0 saturated heterocycles. The van der Waals surface area contributed by atoms with Crippen LogP contribution in [0.2, 0.25) is 0 Å². The lowest BCUT2D eigenvalue weighted by molar-refractivity contribution is -0.121. The molecular formula is C21H16O6. The van der Waals surface area contributed by atoms with Gasteiger partial charge in [-0.3, -0.25) is 19.2 Å². The highest BCUT2D eigenvalue weighted by molar-refractivity contribution is 6.11. The Labute approximate surface area is 155 Å². The number of phenols is 2. The molecule has 0 heterocycles. The van der Waals surface area contributed by atoms with Crippen LogP contribution in [0.4, 0.5) is 0 Å². The highest BCUT2D eigenvalue weighted by atomic mass is 16.3. The number of hydrogen-bond acceptors (Lipinski definition) is 6. The van der Waals surface area contributed by atoms with Crippen LogP contribution in [0.5, 0.6) is 11.5 Å². The second kappa shape index (κ2) is 9.05. The van der Waals surface area contributed by atoms with Crippen LogP contribution in [0.25, 0.3) is 12.2 Å². The summed E-state index contributed by atoms with van der Waals surface area (Å²) in [5.74, 6) is -1.16. The molecule has 0 aromatic heterocycles. The minimum atomic E-state index is -0.426. The quantitative estimate of drug-likeness (QED) is 0.423. The second-order valence-corrected chi connectivity index (χ2v) is 5.65. The van der Waals surface area contributed by atoms with Crippen molar-refractivity contribution in [1.29, 1.82) is 0 Å². The van der Waals surface area contributed by atoms with Crippen LogP contribution in [-0.4, -0.2) is 34.4 Å². The van der Waals surface area contributed by atoms with E-state index in [1.54, 1.807) is 0 Å². The largest absolute Gasteiger partial charge is 0.507 e. The SMILES string of the molecule is O=Cc1cc(/C=C/C(=O)CC(=O)/C=C/c2ccc(O)c(C=O)c2)ccc1O. The maximum absolute atomic E-state index is 11.9. The highest BCUT2D eigenvalue weighted by Gasteiger charge is 2.05. The molecule has 136 valence electrons. The Hall–Kier alpha value is -3.80. The van der Waals surface area contributed by atoms with Crippen molar-refractivity contribution in [2.24, 2.45) is 0 Å². The van der Waals surface area contributed by atoms with Gasteiger partial charge in [-0.2, -0.15) is 0 Å². The fourth-order valence-electron chi connectivity index (χ4n) is 2.21. The van der Waals surface area contributed by atoms with Gasteiger partial charge < -0.3 is 10.2 Å². The molecule has 0 aliphatic carbocycles. The van der Waals surface area contributed by atoms with Gasteiger partial charge in [0.1, 0.15) is 11.5 Å². The second-order valence-electron chi connectivity index (χ2n) is 5.65. The van der Waals surface area contributed by atoms with E-state index in [2.05, 4.69) is 0 Å². The molecular weight excluding hydrogens is 348 g/mol. The third-order valence-electron chi connectivity index (χ3n) is 3.63. The predicted octanol–water partition coefficient (Wildman–Crippen LogP) is 2.98. The summed E-state index contributed by atoms with van der Waals surface area (Å²) in [7, 11) is 0. The summed E-state index contributed by atoms with van der Waals surface area (Å²) >= 11 is 0. The van der Waals surface area contributed by atoms with E-state index in [0.717, 1.165) is 0 Å². The van der Waals surface area contributed by atoms with Crippen molar-refractivity contribution in [2.45, 2.75) is 6.42 Å². The molecule has 0 aliphatic heterocycles. The van der Waals surface area contributed by atoms with Crippen LogP contribution in [0.1, 0.15) is 38.3 Å². The summed E-state index contributed by atoms with van der Waals surface area (Å²) in [4.78, 5) is 45.3. The molecule has 0 aliphatic rings. The zero-order valence-corrected chi connectivity index (χ0v) is 14.2. The van der Waals surface area contributed by atoms with Gasteiger partial charge in [0.15, 0.2) is 24.1 Å². The smallest absolute Gasteiger partial charge is 0.163 e. The monoisotopic (exact) mass is 364 g/mol. The van der Waals surface area contributed by atoms with E-state index < -0.39 is 11.6 Å². The van der Waals surface area contributed by atoms with Gasteiger partial charge in [-0.05, 0) is 47.5 Å². The standard InChI is InChI=1S/C21H16O6/c22-12-16-9-14(3-7-20(16)26)1-5-18(24)11-19(25)6-2-15-4-8-21(27)17(10-15)13-23/h1-10,12-13,26-27H,11H2/b5-1+,6-2+. The number of rotatable bonds is 8. The highest BCUT2D eigenvalue weighted by Crippen LogP contribution is 2.18. The summed E-state index contributed by atoms with van der Waals surface area (Å²) in [6.07, 6.45) is 5.99. The van der Waals surface area contributed by atoms with Crippen molar-refractivity contribution in [3.8, 4) is 11.5 Å². The normalized spacial score (nSPS) is 11.0. The van der Waals surface area contributed by atoms with Crippen molar-refractivity contribution in [2.75, 3.05) is 0 Å². The Morgan fingerprint density at radius 1 is 0.741 bits per heavy atom. The fourth-order valence-corrected chi connectivity index (χ4v) is 2.21. The van der Waals surface area contributed by atoms with Crippen LogP contribution in [0.15, 0.2) is 48.6 Å². The van der Waals surface area contributed by atoms with Crippen molar-refractivity contribution in [3.05, 3.63) is 70.8 Å². The minimum Gasteiger partial charge on any atom is -0.507 e. The average Bonchev–Trinajstić information content (AvgIpc) is 2.66.